The molecule has 0 spiro atoms. The van der Waals surface area contributed by atoms with Crippen LogP contribution < -0.4 is 5.73 Å². The number of hydrogen-bond acceptors (Lipinski definition) is 3. The molecule has 2 N–H and O–H groups in total. The van der Waals surface area contributed by atoms with Crippen molar-refractivity contribution in [3.63, 3.8) is 0 Å². The highest BCUT2D eigenvalue weighted by Gasteiger charge is 2.33. The number of hydrogen-bond donors (Lipinski definition) is 1. The zero-order chi connectivity index (χ0) is 12.3. The Bertz CT molecular complexity index is 251. The molecule has 1 aliphatic rings. The number of morpholine rings is 1. The number of nitrogens with two attached hydrogens (primary N) is 1. The average molecular weight is 228 g/mol. The summed E-state index contributed by atoms with van der Waals surface area (Å²) in [5.41, 5.74) is 5.44. The molecule has 0 aliphatic carbocycles. The van der Waals surface area contributed by atoms with E-state index in [1.807, 2.05) is 32.6 Å². The number of ether oxygens (including phenoxy) is 1. The fraction of sp³-hybridized carbons (Fsp3) is 0.917. The lowest BCUT2D eigenvalue weighted by molar-refractivity contribution is -0.151. The second kappa shape index (κ2) is 5.15. The van der Waals surface area contributed by atoms with Gasteiger partial charge in [0.05, 0.1) is 18.1 Å². The van der Waals surface area contributed by atoms with Crippen molar-refractivity contribution in [2.75, 3.05) is 26.2 Å². The van der Waals surface area contributed by atoms with Gasteiger partial charge in [-0.1, -0.05) is 13.8 Å². The lowest BCUT2D eigenvalue weighted by atomic mass is 9.93. The molecule has 0 saturated carbocycles. The molecule has 1 amide bonds. The minimum Gasteiger partial charge on any atom is -0.372 e. The molecule has 1 unspecified atom stereocenters. The molecule has 1 atom stereocenters. The minimum atomic E-state index is -0.232. The fourth-order valence-electron chi connectivity index (χ4n) is 2.10. The van der Waals surface area contributed by atoms with Gasteiger partial charge in [0.15, 0.2) is 0 Å². The van der Waals surface area contributed by atoms with E-state index in [9.17, 15) is 4.79 Å². The van der Waals surface area contributed by atoms with Gasteiger partial charge in [0.25, 0.3) is 0 Å². The van der Waals surface area contributed by atoms with Crippen LogP contribution in [-0.2, 0) is 9.53 Å². The largest absolute Gasteiger partial charge is 0.372 e. The molecule has 94 valence electrons. The molecule has 16 heavy (non-hydrogen) atoms. The van der Waals surface area contributed by atoms with Crippen LogP contribution in [0.5, 0.6) is 0 Å². The molecule has 1 fully saturated rings. The quantitative estimate of drug-likeness (QED) is 0.779. The van der Waals surface area contributed by atoms with Crippen LogP contribution in [0.25, 0.3) is 0 Å². The first-order valence-corrected chi connectivity index (χ1v) is 6.00. The second-order valence-electron chi connectivity index (χ2n) is 5.45. The van der Waals surface area contributed by atoms with Crippen molar-refractivity contribution in [3.8, 4) is 0 Å². The Kier molecular flexibility index (Phi) is 4.33. The maximum atomic E-state index is 12.2. The average Bonchev–Trinajstić information content (AvgIpc) is 2.16. The normalized spacial score (nSPS) is 22.2. The van der Waals surface area contributed by atoms with Crippen LogP contribution >= 0.6 is 0 Å². The summed E-state index contributed by atoms with van der Waals surface area (Å²) in [6.07, 6.45) is 0. The van der Waals surface area contributed by atoms with Crippen LogP contribution in [0.1, 0.15) is 27.7 Å². The summed E-state index contributed by atoms with van der Waals surface area (Å²) in [4.78, 5) is 14.1. The smallest absolute Gasteiger partial charge is 0.227 e. The summed E-state index contributed by atoms with van der Waals surface area (Å²) >= 11 is 0. The maximum absolute atomic E-state index is 12.2. The van der Waals surface area contributed by atoms with Crippen LogP contribution in [0, 0.1) is 11.8 Å². The predicted octanol–water partition coefficient (Wildman–Crippen LogP) is 0.855. The van der Waals surface area contributed by atoms with Gasteiger partial charge in [0.2, 0.25) is 5.91 Å². The van der Waals surface area contributed by atoms with Crippen molar-refractivity contribution in [1.29, 1.82) is 0 Å². The molecule has 4 nitrogen and oxygen atoms in total. The molecule has 1 rings (SSSR count). The van der Waals surface area contributed by atoms with Crippen LogP contribution in [0.3, 0.4) is 0 Å². The van der Waals surface area contributed by atoms with Crippen LogP contribution in [0.15, 0.2) is 0 Å². The highest BCUT2D eigenvalue weighted by molar-refractivity contribution is 5.79. The molecule has 1 aliphatic heterocycles. The Hall–Kier alpha value is -0.610. The molecule has 0 aromatic heterocycles. The van der Waals surface area contributed by atoms with Crippen LogP contribution in [0.2, 0.25) is 0 Å². The van der Waals surface area contributed by atoms with E-state index in [0.29, 0.717) is 32.2 Å². The van der Waals surface area contributed by atoms with Gasteiger partial charge < -0.3 is 15.4 Å². The van der Waals surface area contributed by atoms with Gasteiger partial charge in [0.1, 0.15) is 0 Å². The Morgan fingerprint density at radius 1 is 1.50 bits per heavy atom. The third-order valence-electron chi connectivity index (χ3n) is 3.11. The molecule has 4 heteroatoms. The second-order valence-corrected chi connectivity index (χ2v) is 5.45. The number of amides is 1. The monoisotopic (exact) mass is 228 g/mol. The number of rotatable bonds is 3. The maximum Gasteiger partial charge on any atom is 0.227 e. The van der Waals surface area contributed by atoms with E-state index < -0.39 is 0 Å². The van der Waals surface area contributed by atoms with E-state index in [4.69, 9.17) is 10.5 Å². The molecular formula is C12H24N2O2. The van der Waals surface area contributed by atoms with Crippen molar-refractivity contribution >= 4 is 5.91 Å². The van der Waals surface area contributed by atoms with Crippen LogP contribution in [-0.4, -0.2) is 42.6 Å². The SMILES string of the molecule is CC(C)C(CN)C(=O)N1CCOC(C)(C)C1. The minimum absolute atomic E-state index is 0.0612. The molecular weight excluding hydrogens is 204 g/mol. The van der Waals surface area contributed by atoms with E-state index in [2.05, 4.69) is 0 Å². The molecule has 1 heterocycles. The predicted molar refractivity (Wildman–Crippen MR) is 64.0 cm³/mol. The van der Waals surface area contributed by atoms with Gasteiger partial charge in [-0.3, -0.25) is 4.79 Å². The number of nitrogens with zero attached hydrogens (tertiary/aromatic N) is 1. The van der Waals surface area contributed by atoms with E-state index in [1.54, 1.807) is 0 Å². The summed E-state index contributed by atoms with van der Waals surface area (Å²) in [5.74, 6) is 0.409. The van der Waals surface area contributed by atoms with E-state index in [0.717, 1.165) is 0 Å². The Morgan fingerprint density at radius 3 is 2.56 bits per heavy atom. The van der Waals surface area contributed by atoms with Crippen molar-refractivity contribution < 1.29 is 9.53 Å². The number of carbonyl (C=O) groups is 1. The first-order valence-electron chi connectivity index (χ1n) is 6.00. The van der Waals surface area contributed by atoms with E-state index in [1.165, 1.54) is 0 Å². The Morgan fingerprint density at radius 2 is 2.12 bits per heavy atom. The van der Waals surface area contributed by atoms with Crippen molar-refractivity contribution in [1.82, 2.24) is 4.90 Å². The van der Waals surface area contributed by atoms with Crippen molar-refractivity contribution in [2.45, 2.75) is 33.3 Å². The molecule has 0 aromatic rings. The summed E-state index contributed by atoms with van der Waals surface area (Å²) in [5, 5.41) is 0. The van der Waals surface area contributed by atoms with Crippen molar-refractivity contribution in [2.24, 2.45) is 17.6 Å². The van der Waals surface area contributed by atoms with Gasteiger partial charge in [-0.25, -0.2) is 0 Å². The van der Waals surface area contributed by atoms with Crippen molar-refractivity contribution in [3.05, 3.63) is 0 Å². The molecule has 0 radical (unpaired) electrons. The lowest BCUT2D eigenvalue weighted by Crippen LogP contribution is -2.53. The highest BCUT2D eigenvalue weighted by Crippen LogP contribution is 2.20. The standard InChI is InChI=1S/C12H24N2O2/c1-9(2)10(7-13)11(15)14-5-6-16-12(3,4)8-14/h9-10H,5-8,13H2,1-4H3. The Labute approximate surface area is 98.1 Å². The Balaban J connectivity index is 2.66. The summed E-state index contributed by atoms with van der Waals surface area (Å²) in [6, 6.07) is 0. The summed E-state index contributed by atoms with van der Waals surface area (Å²) in [7, 11) is 0. The molecule has 1 saturated heterocycles. The zero-order valence-corrected chi connectivity index (χ0v) is 10.8. The zero-order valence-electron chi connectivity index (χ0n) is 10.8. The number of carbonyl (C=O) groups excluding carboxylic acids is 1. The third-order valence-corrected chi connectivity index (χ3v) is 3.11. The first-order chi connectivity index (χ1) is 7.37. The summed E-state index contributed by atoms with van der Waals surface area (Å²) in [6.45, 7) is 10.5. The van der Waals surface area contributed by atoms with E-state index >= 15 is 0 Å². The van der Waals surface area contributed by atoms with Gasteiger partial charge in [-0.15, -0.1) is 0 Å². The fourth-order valence-corrected chi connectivity index (χ4v) is 2.10. The molecule has 0 bridgehead atoms. The van der Waals surface area contributed by atoms with Gasteiger partial charge in [0, 0.05) is 19.6 Å². The lowest BCUT2D eigenvalue weighted by Gasteiger charge is -2.40. The molecule has 0 aromatic carbocycles. The highest BCUT2D eigenvalue weighted by atomic mass is 16.5. The van der Waals surface area contributed by atoms with Crippen LogP contribution in [0.4, 0.5) is 0 Å². The first kappa shape index (κ1) is 13.5. The van der Waals surface area contributed by atoms with E-state index in [-0.39, 0.29) is 17.4 Å². The topological polar surface area (TPSA) is 55.6 Å². The third kappa shape index (κ3) is 3.19. The van der Waals surface area contributed by atoms with Gasteiger partial charge in [-0.2, -0.15) is 0 Å². The van der Waals surface area contributed by atoms with Gasteiger partial charge >= 0.3 is 0 Å². The van der Waals surface area contributed by atoms with Gasteiger partial charge in [-0.05, 0) is 19.8 Å². The summed E-state index contributed by atoms with van der Waals surface area (Å²) < 4.78 is 5.59.